The Morgan fingerprint density at radius 1 is 1.08 bits per heavy atom. The maximum atomic E-state index is 12.5. The first-order valence-corrected chi connectivity index (χ1v) is 10.4. The molecule has 0 bridgehead atoms. The van der Waals surface area contributed by atoms with Crippen LogP contribution < -0.4 is 10.2 Å². The highest BCUT2D eigenvalue weighted by atomic mass is 31.2. The highest BCUT2D eigenvalue weighted by Crippen LogP contribution is 2.48. The van der Waals surface area contributed by atoms with Crippen molar-refractivity contribution in [2.24, 2.45) is 0 Å². The van der Waals surface area contributed by atoms with Crippen molar-refractivity contribution in [2.45, 2.75) is 26.8 Å². The Morgan fingerprint density at radius 2 is 1.73 bits per heavy atom. The van der Waals surface area contributed by atoms with Crippen LogP contribution >= 0.6 is 7.60 Å². The predicted octanol–water partition coefficient (Wildman–Crippen LogP) is 3.69. The van der Waals surface area contributed by atoms with Crippen molar-refractivity contribution in [3.05, 3.63) is 41.9 Å². The van der Waals surface area contributed by atoms with Crippen molar-refractivity contribution in [1.82, 2.24) is 9.78 Å². The maximum absolute atomic E-state index is 12.5. The van der Waals surface area contributed by atoms with Gasteiger partial charge in [-0.05, 0) is 56.7 Å². The minimum Gasteiger partial charge on any atom is -0.497 e. The molecule has 2 rings (SSSR count). The Hall–Kier alpha value is -1.95. The van der Waals surface area contributed by atoms with Gasteiger partial charge in [0, 0.05) is 12.1 Å². The molecule has 0 amide bonds. The molecule has 142 valence electrons. The maximum Gasteiger partial charge on any atom is 0.330 e. The Labute approximate surface area is 154 Å². The molecule has 1 heterocycles. The van der Waals surface area contributed by atoms with Crippen LogP contribution in [0.25, 0.3) is 11.3 Å². The zero-order valence-corrected chi connectivity index (χ0v) is 16.4. The Kier molecular flexibility index (Phi) is 7.57. The summed E-state index contributed by atoms with van der Waals surface area (Å²) in [6.45, 7) is 4.75. The number of rotatable bonds is 10. The summed E-state index contributed by atoms with van der Waals surface area (Å²) in [5, 5.41) is 12.6. The zero-order valence-electron chi connectivity index (χ0n) is 15.5. The Balaban J connectivity index is 2.09. The van der Waals surface area contributed by atoms with Gasteiger partial charge in [0.05, 0.1) is 32.2 Å². The summed E-state index contributed by atoms with van der Waals surface area (Å²) in [4.78, 5) is 0. The van der Waals surface area contributed by atoms with Crippen LogP contribution in [0, 0.1) is 5.41 Å². The van der Waals surface area contributed by atoms with Crippen LogP contribution in [-0.2, 0) is 20.2 Å². The average molecular weight is 379 g/mol. The summed E-state index contributed by atoms with van der Waals surface area (Å²) < 4.78 is 29.9. The molecule has 26 heavy (non-hydrogen) atoms. The van der Waals surface area contributed by atoms with Crippen LogP contribution in [0.2, 0.25) is 0 Å². The summed E-state index contributed by atoms with van der Waals surface area (Å²) >= 11 is 0. The van der Waals surface area contributed by atoms with E-state index in [4.69, 9.17) is 19.2 Å². The Morgan fingerprint density at radius 3 is 2.31 bits per heavy atom. The summed E-state index contributed by atoms with van der Waals surface area (Å²) in [7, 11) is -1.44. The van der Waals surface area contributed by atoms with E-state index in [1.54, 1.807) is 31.7 Å². The molecule has 0 spiro atoms. The van der Waals surface area contributed by atoms with Crippen LogP contribution in [0.4, 0.5) is 0 Å². The smallest absolute Gasteiger partial charge is 0.330 e. The van der Waals surface area contributed by atoms with Crippen molar-refractivity contribution >= 4 is 7.60 Å². The zero-order chi connectivity index (χ0) is 19.0. The third-order valence-corrected chi connectivity index (χ3v) is 5.91. The van der Waals surface area contributed by atoms with Crippen molar-refractivity contribution < 1.29 is 18.3 Å². The van der Waals surface area contributed by atoms with E-state index in [-0.39, 0.29) is 0 Å². The monoisotopic (exact) mass is 379 g/mol. The molecular formula is C18H26N3O4P. The number of hydrogen-bond donors (Lipinski definition) is 1. The number of aromatic nitrogens is 2. The van der Waals surface area contributed by atoms with Crippen molar-refractivity contribution in [1.29, 1.82) is 5.41 Å². The molecular weight excluding hydrogens is 353 g/mol. The van der Waals surface area contributed by atoms with Gasteiger partial charge in [-0.25, -0.2) is 4.68 Å². The third-order valence-electron chi connectivity index (χ3n) is 3.74. The van der Waals surface area contributed by atoms with E-state index in [1.165, 1.54) is 0 Å². The lowest BCUT2D eigenvalue weighted by Crippen LogP contribution is -2.23. The van der Waals surface area contributed by atoms with Gasteiger partial charge < -0.3 is 13.8 Å². The largest absolute Gasteiger partial charge is 0.497 e. The first-order chi connectivity index (χ1) is 12.5. The molecule has 0 saturated carbocycles. The third kappa shape index (κ3) is 5.53. The SMILES string of the molecule is CCOP(=O)(CCCn1nc(-c2ccc(OC)cc2)ccc1=N)OCC. The van der Waals surface area contributed by atoms with Crippen molar-refractivity contribution in [3.63, 3.8) is 0 Å². The molecule has 8 heteroatoms. The van der Waals surface area contributed by atoms with E-state index in [1.807, 2.05) is 30.3 Å². The van der Waals surface area contributed by atoms with E-state index in [0.29, 0.717) is 37.8 Å². The van der Waals surface area contributed by atoms with Gasteiger partial charge in [-0.2, -0.15) is 5.10 Å². The summed E-state index contributed by atoms with van der Waals surface area (Å²) in [5.41, 5.74) is 2.00. The van der Waals surface area contributed by atoms with Crippen molar-refractivity contribution in [3.8, 4) is 17.0 Å². The average Bonchev–Trinajstić information content (AvgIpc) is 2.64. The lowest BCUT2D eigenvalue weighted by Gasteiger charge is -2.17. The van der Waals surface area contributed by atoms with Gasteiger partial charge in [0.1, 0.15) is 11.2 Å². The standard InChI is InChI=1S/C18H26N3O4P/c1-4-24-26(22,25-5-2)14-6-13-21-18(19)12-11-17(20-21)15-7-9-16(23-3)10-8-15/h7-12,19H,4-6,13-14H2,1-3H3. The fraction of sp³-hybridized carbons (Fsp3) is 0.444. The van der Waals surface area contributed by atoms with E-state index < -0.39 is 7.60 Å². The first-order valence-electron chi connectivity index (χ1n) is 8.66. The van der Waals surface area contributed by atoms with Crippen LogP contribution in [-0.4, -0.2) is 36.3 Å². The Bertz CT molecular complexity index is 795. The topological polar surface area (TPSA) is 86.4 Å². The second-order valence-corrected chi connectivity index (χ2v) is 7.76. The van der Waals surface area contributed by atoms with Gasteiger partial charge in [-0.3, -0.25) is 9.97 Å². The molecule has 0 radical (unpaired) electrons. The molecule has 2 aromatic rings. The molecule has 0 aliphatic heterocycles. The highest BCUT2D eigenvalue weighted by Gasteiger charge is 2.22. The number of aryl methyl sites for hydroxylation is 1. The predicted molar refractivity (Wildman–Crippen MR) is 100 cm³/mol. The van der Waals surface area contributed by atoms with Gasteiger partial charge in [0.15, 0.2) is 0 Å². The minimum absolute atomic E-state index is 0.296. The van der Waals surface area contributed by atoms with Gasteiger partial charge in [0.25, 0.3) is 0 Å². The van der Waals surface area contributed by atoms with Crippen LogP contribution in [0.15, 0.2) is 36.4 Å². The lowest BCUT2D eigenvalue weighted by molar-refractivity contribution is 0.219. The summed E-state index contributed by atoms with van der Waals surface area (Å²) in [6, 6.07) is 11.1. The van der Waals surface area contributed by atoms with Gasteiger partial charge in [0.2, 0.25) is 0 Å². The van der Waals surface area contributed by atoms with E-state index in [2.05, 4.69) is 5.10 Å². The number of nitrogens with one attached hydrogen (secondary N) is 1. The first kappa shape index (κ1) is 20.4. The van der Waals surface area contributed by atoms with Crippen LogP contribution in [0.3, 0.4) is 0 Å². The molecule has 0 aliphatic carbocycles. The fourth-order valence-electron chi connectivity index (χ4n) is 2.52. The molecule has 0 saturated heterocycles. The number of ether oxygens (including phenoxy) is 1. The molecule has 0 atom stereocenters. The van der Waals surface area contributed by atoms with Crippen LogP contribution in [0.1, 0.15) is 20.3 Å². The lowest BCUT2D eigenvalue weighted by atomic mass is 10.1. The number of hydrogen-bond acceptors (Lipinski definition) is 6. The van der Waals surface area contributed by atoms with E-state index in [0.717, 1.165) is 17.0 Å². The molecule has 0 fully saturated rings. The quantitative estimate of drug-likeness (QED) is 0.636. The molecule has 1 aromatic heterocycles. The molecule has 0 aliphatic rings. The van der Waals surface area contributed by atoms with E-state index in [9.17, 15) is 4.57 Å². The molecule has 7 nitrogen and oxygen atoms in total. The molecule has 1 aromatic carbocycles. The van der Waals surface area contributed by atoms with Crippen LogP contribution in [0.5, 0.6) is 5.75 Å². The molecule has 1 N–H and O–H groups in total. The van der Waals surface area contributed by atoms with Gasteiger partial charge in [-0.1, -0.05) is 0 Å². The van der Waals surface area contributed by atoms with Gasteiger partial charge >= 0.3 is 7.60 Å². The highest BCUT2D eigenvalue weighted by molar-refractivity contribution is 7.53. The minimum atomic E-state index is -3.07. The van der Waals surface area contributed by atoms with E-state index >= 15 is 0 Å². The fourth-order valence-corrected chi connectivity index (χ4v) is 4.17. The van der Waals surface area contributed by atoms with Gasteiger partial charge in [-0.15, -0.1) is 0 Å². The summed E-state index contributed by atoms with van der Waals surface area (Å²) in [6.07, 6.45) is 0.850. The number of methoxy groups -OCH3 is 1. The molecule has 0 unspecified atom stereocenters. The van der Waals surface area contributed by atoms with Crippen molar-refractivity contribution in [2.75, 3.05) is 26.5 Å². The number of nitrogens with zero attached hydrogens (tertiary/aromatic N) is 2. The number of benzene rings is 1. The summed E-state index contributed by atoms with van der Waals surface area (Å²) in [5.74, 6) is 0.779. The normalized spacial score (nSPS) is 11.5. The second-order valence-electron chi connectivity index (χ2n) is 5.58. The second kappa shape index (κ2) is 9.67.